The standard InChI is InChI=1S/C17H21NO2/c1-14(2)20-17-10-6-7-15(13-17)18-11-12-19-16-8-4-3-5-9-16/h3-10,13-14,18H,11-12H2,1-2H3. The number of benzene rings is 2. The Balaban J connectivity index is 1.76. The number of ether oxygens (including phenoxy) is 2. The molecule has 0 amide bonds. The molecule has 2 aromatic carbocycles. The van der Waals surface area contributed by atoms with Gasteiger partial charge in [-0.1, -0.05) is 24.3 Å². The predicted octanol–water partition coefficient (Wildman–Crippen LogP) is 3.96. The number of hydrogen-bond acceptors (Lipinski definition) is 3. The summed E-state index contributed by atoms with van der Waals surface area (Å²) >= 11 is 0. The van der Waals surface area contributed by atoms with Crippen molar-refractivity contribution in [1.82, 2.24) is 0 Å². The summed E-state index contributed by atoms with van der Waals surface area (Å²) in [6.45, 7) is 5.42. The van der Waals surface area contributed by atoms with Gasteiger partial charge in [-0.2, -0.15) is 0 Å². The van der Waals surface area contributed by atoms with E-state index in [0.29, 0.717) is 6.61 Å². The molecule has 0 aromatic heterocycles. The zero-order valence-corrected chi connectivity index (χ0v) is 12.0. The molecule has 0 spiro atoms. The Morgan fingerprint density at radius 1 is 0.950 bits per heavy atom. The van der Waals surface area contributed by atoms with Crippen LogP contribution in [-0.4, -0.2) is 19.3 Å². The normalized spacial score (nSPS) is 10.3. The maximum absolute atomic E-state index is 5.66. The second-order valence-electron chi connectivity index (χ2n) is 4.78. The van der Waals surface area contributed by atoms with Gasteiger partial charge in [0.2, 0.25) is 0 Å². The van der Waals surface area contributed by atoms with Gasteiger partial charge in [0, 0.05) is 18.3 Å². The summed E-state index contributed by atoms with van der Waals surface area (Å²) in [6, 6.07) is 17.8. The highest BCUT2D eigenvalue weighted by atomic mass is 16.5. The molecule has 1 N–H and O–H groups in total. The quantitative estimate of drug-likeness (QED) is 0.773. The molecule has 0 atom stereocenters. The minimum absolute atomic E-state index is 0.187. The molecule has 0 heterocycles. The minimum atomic E-state index is 0.187. The van der Waals surface area contributed by atoms with E-state index in [1.54, 1.807) is 0 Å². The lowest BCUT2D eigenvalue weighted by Gasteiger charge is -2.12. The highest BCUT2D eigenvalue weighted by molar-refractivity contribution is 5.48. The second kappa shape index (κ2) is 7.43. The molecule has 3 nitrogen and oxygen atoms in total. The number of hydrogen-bond donors (Lipinski definition) is 1. The van der Waals surface area contributed by atoms with Gasteiger partial charge < -0.3 is 14.8 Å². The first kappa shape index (κ1) is 14.3. The summed E-state index contributed by atoms with van der Waals surface area (Å²) in [7, 11) is 0. The van der Waals surface area contributed by atoms with Crippen LogP contribution in [0.4, 0.5) is 5.69 Å². The fraction of sp³-hybridized carbons (Fsp3) is 0.294. The zero-order chi connectivity index (χ0) is 14.2. The Hall–Kier alpha value is -2.16. The van der Waals surface area contributed by atoms with Crippen LogP contribution < -0.4 is 14.8 Å². The van der Waals surface area contributed by atoms with Crippen molar-refractivity contribution >= 4 is 5.69 Å². The van der Waals surface area contributed by atoms with Gasteiger partial charge in [-0.05, 0) is 38.1 Å². The molecule has 3 heteroatoms. The molecule has 0 aliphatic heterocycles. The van der Waals surface area contributed by atoms with Crippen molar-refractivity contribution in [3.05, 3.63) is 54.6 Å². The van der Waals surface area contributed by atoms with E-state index in [0.717, 1.165) is 23.7 Å². The average Bonchev–Trinajstić information content (AvgIpc) is 2.44. The van der Waals surface area contributed by atoms with Gasteiger partial charge in [-0.25, -0.2) is 0 Å². The molecule has 0 saturated heterocycles. The lowest BCUT2D eigenvalue weighted by Crippen LogP contribution is -2.11. The molecule has 20 heavy (non-hydrogen) atoms. The van der Waals surface area contributed by atoms with Gasteiger partial charge in [0.15, 0.2) is 0 Å². The molecule has 0 aliphatic rings. The molecule has 0 radical (unpaired) electrons. The third-order valence-electron chi connectivity index (χ3n) is 2.65. The smallest absolute Gasteiger partial charge is 0.121 e. The van der Waals surface area contributed by atoms with E-state index >= 15 is 0 Å². The maximum Gasteiger partial charge on any atom is 0.121 e. The topological polar surface area (TPSA) is 30.5 Å². The Morgan fingerprint density at radius 3 is 2.45 bits per heavy atom. The van der Waals surface area contributed by atoms with Crippen molar-refractivity contribution in [3.63, 3.8) is 0 Å². The summed E-state index contributed by atoms with van der Waals surface area (Å²) in [5.41, 5.74) is 1.04. The number of nitrogens with one attached hydrogen (secondary N) is 1. The number of para-hydroxylation sites is 1. The van der Waals surface area contributed by atoms with Gasteiger partial charge in [0.25, 0.3) is 0 Å². The lowest BCUT2D eigenvalue weighted by molar-refractivity contribution is 0.242. The molecular formula is C17H21NO2. The van der Waals surface area contributed by atoms with Crippen molar-refractivity contribution in [3.8, 4) is 11.5 Å². The zero-order valence-electron chi connectivity index (χ0n) is 12.0. The fourth-order valence-electron chi connectivity index (χ4n) is 1.83. The van der Waals surface area contributed by atoms with Crippen LogP contribution in [0.2, 0.25) is 0 Å². The van der Waals surface area contributed by atoms with E-state index in [9.17, 15) is 0 Å². The van der Waals surface area contributed by atoms with Gasteiger partial charge in [0.1, 0.15) is 18.1 Å². The van der Waals surface area contributed by atoms with E-state index in [2.05, 4.69) is 5.32 Å². The number of rotatable bonds is 7. The molecule has 0 fully saturated rings. The average molecular weight is 271 g/mol. The van der Waals surface area contributed by atoms with Crippen molar-refractivity contribution in [2.24, 2.45) is 0 Å². The van der Waals surface area contributed by atoms with E-state index in [4.69, 9.17) is 9.47 Å². The van der Waals surface area contributed by atoms with Crippen LogP contribution in [0.25, 0.3) is 0 Å². The van der Waals surface area contributed by atoms with Gasteiger partial charge >= 0.3 is 0 Å². The van der Waals surface area contributed by atoms with Crippen LogP contribution in [0.3, 0.4) is 0 Å². The largest absolute Gasteiger partial charge is 0.492 e. The highest BCUT2D eigenvalue weighted by Gasteiger charge is 1.99. The molecule has 0 bridgehead atoms. The van der Waals surface area contributed by atoms with E-state index in [1.807, 2.05) is 68.4 Å². The minimum Gasteiger partial charge on any atom is -0.492 e. The molecule has 0 aliphatic carbocycles. The van der Waals surface area contributed by atoms with Crippen LogP contribution >= 0.6 is 0 Å². The van der Waals surface area contributed by atoms with Crippen molar-refractivity contribution in [1.29, 1.82) is 0 Å². The Morgan fingerprint density at radius 2 is 1.70 bits per heavy atom. The van der Waals surface area contributed by atoms with E-state index < -0.39 is 0 Å². The van der Waals surface area contributed by atoms with Crippen molar-refractivity contribution in [2.75, 3.05) is 18.5 Å². The van der Waals surface area contributed by atoms with Crippen LogP contribution in [0.5, 0.6) is 11.5 Å². The van der Waals surface area contributed by atoms with Crippen molar-refractivity contribution < 1.29 is 9.47 Å². The molecular weight excluding hydrogens is 250 g/mol. The van der Waals surface area contributed by atoms with Crippen LogP contribution in [-0.2, 0) is 0 Å². The molecule has 2 rings (SSSR count). The van der Waals surface area contributed by atoms with Crippen LogP contribution in [0.15, 0.2) is 54.6 Å². The summed E-state index contributed by atoms with van der Waals surface area (Å²) in [4.78, 5) is 0. The highest BCUT2D eigenvalue weighted by Crippen LogP contribution is 2.18. The van der Waals surface area contributed by atoms with E-state index in [-0.39, 0.29) is 6.10 Å². The van der Waals surface area contributed by atoms with E-state index in [1.165, 1.54) is 0 Å². The Kier molecular flexibility index (Phi) is 5.30. The summed E-state index contributed by atoms with van der Waals surface area (Å²) in [5.74, 6) is 1.78. The second-order valence-corrected chi connectivity index (χ2v) is 4.78. The SMILES string of the molecule is CC(C)Oc1cccc(NCCOc2ccccc2)c1. The lowest BCUT2D eigenvalue weighted by atomic mass is 10.3. The van der Waals surface area contributed by atoms with Gasteiger partial charge in [-0.3, -0.25) is 0 Å². The van der Waals surface area contributed by atoms with Gasteiger partial charge in [-0.15, -0.1) is 0 Å². The third-order valence-corrected chi connectivity index (χ3v) is 2.65. The summed E-state index contributed by atoms with van der Waals surface area (Å²) in [6.07, 6.45) is 0.187. The first-order valence-corrected chi connectivity index (χ1v) is 6.92. The van der Waals surface area contributed by atoms with Crippen LogP contribution in [0, 0.1) is 0 Å². The molecule has 0 saturated carbocycles. The Bertz CT molecular complexity index is 511. The monoisotopic (exact) mass is 271 g/mol. The molecule has 106 valence electrons. The predicted molar refractivity (Wildman–Crippen MR) is 82.6 cm³/mol. The molecule has 0 unspecified atom stereocenters. The van der Waals surface area contributed by atoms with Crippen LogP contribution in [0.1, 0.15) is 13.8 Å². The third kappa shape index (κ3) is 4.84. The Labute approximate surface area is 120 Å². The summed E-state index contributed by atoms with van der Waals surface area (Å²) in [5, 5.41) is 3.32. The fourth-order valence-corrected chi connectivity index (χ4v) is 1.83. The first-order chi connectivity index (χ1) is 9.74. The number of anilines is 1. The summed E-state index contributed by atoms with van der Waals surface area (Å²) < 4.78 is 11.3. The molecule has 2 aromatic rings. The maximum atomic E-state index is 5.66. The van der Waals surface area contributed by atoms with Crippen molar-refractivity contribution in [2.45, 2.75) is 20.0 Å². The first-order valence-electron chi connectivity index (χ1n) is 6.92. The van der Waals surface area contributed by atoms with Gasteiger partial charge in [0.05, 0.1) is 6.10 Å².